The summed E-state index contributed by atoms with van der Waals surface area (Å²) in [5.41, 5.74) is 16.8. The van der Waals surface area contributed by atoms with Gasteiger partial charge in [-0.2, -0.15) is 0 Å². The molecule has 0 aliphatic carbocycles. The fourth-order valence-corrected chi connectivity index (χ4v) is 12.8. The number of ether oxygens (including phenoxy) is 8. The average molecular weight is 2400 g/mol. The Bertz CT molecular complexity index is 5680. The Kier molecular flexibility index (Phi) is 47.2. The molecule has 0 fully saturated rings. The van der Waals surface area contributed by atoms with E-state index in [1.165, 1.54) is 62.6 Å². The Balaban J connectivity index is 0.000000275. The van der Waals surface area contributed by atoms with E-state index in [9.17, 15) is 50.3 Å². The molecule has 9 heterocycles. The van der Waals surface area contributed by atoms with Gasteiger partial charge in [-0.1, -0.05) is 122 Å². The summed E-state index contributed by atoms with van der Waals surface area (Å²) in [4.78, 5) is 93.0. The second kappa shape index (κ2) is 54.8. The standard InChI is InChI=1S/C19H21F3N2O4.C14H8BrClN2O2.C14H13F3N2O2.C12H17BrN2O3.C11H14BrClN2O2.C6H4Br2ClN.C6H6BrClN2.C6H5BrClN/c1-18(2,3)28-17(25)23-11-12-9-10-14(16(24-12)26-4)13-7-5-6-8-15(13)27-19(20,21)22;15-11-6-5-8(17-12(11)16)7-18-13(19)9-3-1-2-4-10(9)14(18)20;1-20-13-11(7-6-9(8-18)19-13)10-4-2-3-5-12(10)21-14(15,16)17;1-12(2,3)18-11(16)14-7-8-5-6-9(13)10(15-8)17-4;1-11(2,3)17-10(16)14-6-7-4-5-8(12)9(13)15-7;7-3-4-1-2-5(8)6(9)10-4;7-5-2-1-4(3-9)10-6(5)8;1-4-2-3-5(7)6(8)9-4/h5-10H,11H2,1-4H3,(H,23,25);1-6H,7H2;2-7H,8,18H2,1H3;5-6H,7H2,1-4H3,(H,14,16);4-5H,6H2,1-3H3,(H,14,16);1-2H,3H2;1-2H,3,9H2;2-3H,1H3. The molecule has 0 atom stereocenters. The van der Waals surface area contributed by atoms with Gasteiger partial charge in [0.05, 0.1) is 125 Å². The molecule has 714 valence electrons. The largest absolute Gasteiger partial charge is 0.573 e. The number of amides is 5. The number of benzene rings is 3. The van der Waals surface area contributed by atoms with Crippen molar-refractivity contribution in [2.24, 2.45) is 11.5 Å². The number of nitrogens with two attached hydrogens (primary N) is 2. The van der Waals surface area contributed by atoms with Crippen LogP contribution in [-0.2, 0) is 58.8 Å². The number of hydrogen-bond acceptors (Lipinski definition) is 23. The van der Waals surface area contributed by atoms with E-state index >= 15 is 0 Å². The molecular weight excluding hydrogens is 2310 g/mol. The van der Waals surface area contributed by atoms with Crippen LogP contribution >= 0.6 is 170 Å². The van der Waals surface area contributed by atoms with Gasteiger partial charge in [-0.05, 0) is 286 Å². The number of aromatic nitrogens is 8. The van der Waals surface area contributed by atoms with E-state index < -0.39 is 47.8 Å². The Labute approximate surface area is 847 Å². The predicted molar refractivity (Wildman–Crippen MR) is 522 cm³/mol. The highest BCUT2D eigenvalue weighted by molar-refractivity contribution is 9.11. The zero-order chi connectivity index (χ0) is 99.5. The van der Waals surface area contributed by atoms with Crippen LogP contribution in [-0.4, -0.2) is 126 Å². The molecule has 5 amide bonds. The number of carbonyl (C=O) groups is 5. The average Bonchev–Trinajstić information content (AvgIpc) is 1.67. The van der Waals surface area contributed by atoms with Crippen LogP contribution in [0.1, 0.15) is 129 Å². The quantitative estimate of drug-likeness (QED) is 0.0175. The molecule has 0 saturated heterocycles. The number of alkyl carbamates (subject to hydrolysis) is 3. The molecule has 1 aliphatic heterocycles. The lowest BCUT2D eigenvalue weighted by Crippen LogP contribution is -2.32. The van der Waals surface area contributed by atoms with Gasteiger partial charge in [0.15, 0.2) is 0 Å². The number of para-hydroxylation sites is 2. The van der Waals surface area contributed by atoms with Crippen LogP contribution in [0.4, 0.5) is 40.7 Å². The topological polar surface area (TPSA) is 354 Å². The first-order valence-corrected chi connectivity index (χ1v) is 46.4. The summed E-state index contributed by atoms with van der Waals surface area (Å²) in [6.45, 7) is 19.3. The molecule has 0 saturated carbocycles. The van der Waals surface area contributed by atoms with Crippen molar-refractivity contribution in [2.75, 3.05) is 21.3 Å². The van der Waals surface area contributed by atoms with Crippen LogP contribution in [0.25, 0.3) is 22.3 Å². The maximum Gasteiger partial charge on any atom is 0.573 e. The third-order valence-corrected chi connectivity index (χ3v) is 22.6. The smallest absolute Gasteiger partial charge is 0.481 e. The fourth-order valence-electron chi connectivity index (χ4n) is 10.1. The first-order valence-electron chi connectivity index (χ1n) is 38.6. The first kappa shape index (κ1) is 115. The van der Waals surface area contributed by atoms with Gasteiger partial charge in [-0.15, -0.1) is 26.3 Å². The molecule has 0 unspecified atom stereocenters. The minimum atomic E-state index is -4.83. The molecule has 3 aromatic carbocycles. The molecule has 0 radical (unpaired) electrons. The number of rotatable bonds is 18. The molecule has 12 rings (SSSR count). The maximum absolute atomic E-state index is 12.7. The summed E-state index contributed by atoms with van der Waals surface area (Å²) in [6, 6.07) is 46.5. The van der Waals surface area contributed by atoms with Crippen LogP contribution in [0.2, 0.25) is 25.8 Å². The van der Waals surface area contributed by atoms with Crippen molar-refractivity contribution in [3.8, 4) is 51.4 Å². The normalized spacial score (nSPS) is 11.4. The highest BCUT2D eigenvalue weighted by atomic mass is 79.9. The molecular formula is C88H88Br7Cl5F6N14O13. The number of nitrogens with zero attached hydrogens (tertiary/aromatic N) is 9. The summed E-state index contributed by atoms with van der Waals surface area (Å²) < 4.78 is 119. The second-order valence-electron chi connectivity index (χ2n) is 29.5. The molecule has 0 spiro atoms. The number of nitrogens with one attached hydrogen (secondary N) is 3. The van der Waals surface area contributed by atoms with Crippen LogP contribution < -0.4 is 51.1 Å². The fraction of sp³-hybridized carbons (Fsp3) is 0.284. The van der Waals surface area contributed by atoms with Gasteiger partial charge in [0.25, 0.3) is 11.8 Å². The van der Waals surface area contributed by atoms with Crippen molar-refractivity contribution >= 4 is 200 Å². The van der Waals surface area contributed by atoms with Crippen LogP contribution in [0.15, 0.2) is 197 Å². The van der Waals surface area contributed by atoms with Gasteiger partial charge >= 0.3 is 31.0 Å². The lowest BCUT2D eigenvalue weighted by Gasteiger charge is -2.19. The molecule has 7 N–H and O–H groups in total. The Morgan fingerprint density at radius 3 is 0.985 bits per heavy atom. The lowest BCUT2D eigenvalue weighted by molar-refractivity contribution is -0.275. The molecule has 45 heteroatoms. The van der Waals surface area contributed by atoms with Crippen molar-refractivity contribution < 1.29 is 88.2 Å². The van der Waals surface area contributed by atoms with E-state index in [0.29, 0.717) is 99.9 Å². The molecule has 11 aromatic rings. The summed E-state index contributed by atoms with van der Waals surface area (Å²) in [6.07, 6.45) is -11.1. The number of aryl methyl sites for hydroxylation is 1. The number of imide groups is 1. The van der Waals surface area contributed by atoms with Gasteiger partial charge in [-0.3, -0.25) is 14.5 Å². The summed E-state index contributed by atoms with van der Waals surface area (Å²) in [5, 5.41) is 10.7. The third kappa shape index (κ3) is 41.7. The zero-order valence-corrected chi connectivity index (χ0v) is 87.8. The van der Waals surface area contributed by atoms with Crippen molar-refractivity contribution in [3.63, 3.8) is 0 Å². The number of methoxy groups -OCH3 is 3. The number of halogens is 18. The molecule has 27 nitrogen and oxygen atoms in total. The Hall–Kier alpha value is -8.88. The monoisotopic (exact) mass is 2390 g/mol. The zero-order valence-electron chi connectivity index (χ0n) is 72.9. The van der Waals surface area contributed by atoms with Gasteiger partial charge in [0.1, 0.15) is 54.1 Å². The highest BCUT2D eigenvalue weighted by Gasteiger charge is 2.37. The maximum atomic E-state index is 12.7. The lowest BCUT2D eigenvalue weighted by atomic mass is 10.1. The highest BCUT2D eigenvalue weighted by Crippen LogP contribution is 2.40. The number of carbonyl (C=O) groups excluding carboxylic acids is 5. The number of pyridine rings is 8. The second-order valence-corrected chi connectivity index (χ2v) is 37.0. The van der Waals surface area contributed by atoms with E-state index in [1.807, 2.05) is 70.2 Å². The summed E-state index contributed by atoms with van der Waals surface area (Å²) in [7, 11) is 4.28. The van der Waals surface area contributed by atoms with E-state index in [0.717, 1.165) is 44.8 Å². The first-order chi connectivity index (χ1) is 62.3. The third-order valence-electron chi connectivity index (χ3n) is 15.7. The molecule has 133 heavy (non-hydrogen) atoms. The number of alkyl halides is 7. The van der Waals surface area contributed by atoms with Gasteiger partial charge in [0, 0.05) is 46.4 Å². The van der Waals surface area contributed by atoms with Crippen molar-refractivity contribution in [1.29, 1.82) is 0 Å². The minimum absolute atomic E-state index is 0.0618. The Morgan fingerprint density at radius 2 is 0.639 bits per heavy atom. The number of fused-ring (bicyclic) bond motifs is 1. The molecule has 1 aliphatic rings. The van der Waals surface area contributed by atoms with Gasteiger partial charge in [0.2, 0.25) is 17.6 Å². The van der Waals surface area contributed by atoms with E-state index in [1.54, 1.807) is 133 Å². The van der Waals surface area contributed by atoms with Crippen LogP contribution in [0.5, 0.6) is 29.1 Å². The van der Waals surface area contributed by atoms with Crippen molar-refractivity contribution in [1.82, 2.24) is 60.7 Å². The van der Waals surface area contributed by atoms with E-state index in [4.69, 9.17) is 97.9 Å². The van der Waals surface area contributed by atoms with Gasteiger partial charge < -0.3 is 65.3 Å². The number of hydrogen-bond donors (Lipinski definition) is 5. The summed E-state index contributed by atoms with van der Waals surface area (Å²) >= 11 is 51.6. The van der Waals surface area contributed by atoms with Crippen LogP contribution in [0.3, 0.4) is 0 Å². The Morgan fingerprint density at radius 1 is 0.361 bits per heavy atom. The van der Waals surface area contributed by atoms with E-state index in [-0.39, 0.29) is 72.4 Å². The summed E-state index contributed by atoms with van der Waals surface area (Å²) in [5.74, 6) is -0.505. The van der Waals surface area contributed by atoms with Crippen molar-refractivity contribution in [3.05, 3.63) is 279 Å². The SMILES string of the molecule is CC(C)(C)OC(=O)NCc1ccc(Br)c(Cl)n1.COc1nc(CN)ccc1-c1ccccc1OC(F)(F)F.COc1nc(CNC(=O)OC(C)(C)C)ccc1-c1ccccc1OC(F)(F)F.COc1nc(CNC(=O)OC(C)(C)C)ccc1Br.Cc1ccc(Br)c(Cl)n1.Clc1nc(CBr)ccc1Br.NCc1ccc(Br)c(Cl)n1.O=C1c2ccccc2C(=O)N1Cc1ccc(Br)c(Cl)n1. The van der Waals surface area contributed by atoms with Gasteiger partial charge in [-0.25, -0.2) is 54.3 Å². The van der Waals surface area contributed by atoms with Crippen LogP contribution in [0, 0.1) is 6.92 Å². The molecule has 0 bridgehead atoms. The molecule has 8 aromatic heterocycles. The minimum Gasteiger partial charge on any atom is -0.481 e. The van der Waals surface area contributed by atoms with E-state index in [2.05, 4.69) is 177 Å². The predicted octanol–water partition coefficient (Wildman–Crippen LogP) is 25.6. The van der Waals surface area contributed by atoms with Crippen molar-refractivity contribution in [2.45, 2.75) is 143 Å².